The van der Waals surface area contributed by atoms with Crippen molar-refractivity contribution in [1.82, 2.24) is 4.98 Å². The van der Waals surface area contributed by atoms with Gasteiger partial charge in [-0.25, -0.2) is 0 Å². The Labute approximate surface area is 271 Å². The summed E-state index contributed by atoms with van der Waals surface area (Å²) in [5.74, 6) is 0.547. The molecule has 2 heterocycles. The minimum atomic E-state index is 0. The molecule has 1 radical (unpaired) electrons. The summed E-state index contributed by atoms with van der Waals surface area (Å²) >= 11 is 2.11. The summed E-state index contributed by atoms with van der Waals surface area (Å²) in [5.41, 5.74) is 2.31. The Balaban J connectivity index is 0.000000221. The molecule has 0 aliphatic carbocycles. The zero-order valence-corrected chi connectivity index (χ0v) is 29.4. The number of aliphatic hydroxyl groups excluding tert-OH is 1. The van der Waals surface area contributed by atoms with Crippen LogP contribution in [0.4, 0.5) is 0 Å². The number of fused-ring (bicyclic) bond motifs is 6. The molecule has 0 unspecified atom stereocenters. The van der Waals surface area contributed by atoms with Crippen LogP contribution in [0.2, 0.25) is 0 Å². The normalized spacial score (nSPS) is 11.8. The van der Waals surface area contributed by atoms with E-state index < -0.39 is 0 Å². The van der Waals surface area contributed by atoms with E-state index in [9.17, 15) is 9.90 Å². The number of hydrogen-bond acceptors (Lipinski definition) is 4. The van der Waals surface area contributed by atoms with Gasteiger partial charge in [-0.2, -0.15) is 0 Å². The SMILES string of the molecule is CCC(CC)C(=O)/C=C(\O)C(CC)CC.[Ir].[c-]1c(-c2nc3ccccc3[se]2)c2c3ccccc3sc2c2ccccc12. The van der Waals surface area contributed by atoms with E-state index in [0.717, 1.165) is 31.2 Å². The number of carbonyl (C=O) groups is 1. The average molecular weight is 818 g/mol. The molecule has 0 amide bonds. The molecule has 6 heteroatoms. The van der Waals surface area contributed by atoms with Gasteiger partial charge in [-0.3, -0.25) is 4.79 Å². The molecule has 0 atom stereocenters. The molecule has 0 saturated heterocycles. The molecule has 1 N–H and O–H groups in total. The van der Waals surface area contributed by atoms with Crippen molar-refractivity contribution >= 4 is 72.3 Å². The van der Waals surface area contributed by atoms with E-state index in [-0.39, 0.29) is 58.0 Å². The molecular formula is C36H36IrNO2SSe-. The summed E-state index contributed by atoms with van der Waals surface area (Å²) in [4.78, 5) is 16.7. The molecule has 0 spiro atoms. The van der Waals surface area contributed by atoms with Crippen molar-refractivity contribution in [3.05, 3.63) is 90.7 Å². The van der Waals surface area contributed by atoms with Crippen LogP contribution in [0, 0.1) is 17.9 Å². The van der Waals surface area contributed by atoms with E-state index in [1.165, 1.54) is 51.4 Å². The van der Waals surface area contributed by atoms with E-state index in [0.29, 0.717) is 0 Å². The van der Waals surface area contributed by atoms with Crippen molar-refractivity contribution in [3.63, 3.8) is 0 Å². The van der Waals surface area contributed by atoms with Crippen molar-refractivity contribution in [2.24, 2.45) is 11.8 Å². The van der Waals surface area contributed by atoms with Crippen LogP contribution in [0.5, 0.6) is 0 Å². The first-order chi connectivity index (χ1) is 20.0. The predicted molar refractivity (Wildman–Crippen MR) is 177 cm³/mol. The Morgan fingerprint density at radius 2 is 1.50 bits per heavy atom. The predicted octanol–water partition coefficient (Wildman–Crippen LogP) is 10.1. The van der Waals surface area contributed by atoms with Gasteiger partial charge in [0, 0.05) is 38.0 Å². The Bertz CT molecular complexity index is 1810. The second-order valence-electron chi connectivity index (χ2n) is 10.3. The van der Waals surface area contributed by atoms with Crippen molar-refractivity contribution in [3.8, 4) is 10.1 Å². The number of aliphatic hydroxyl groups is 1. The quantitative estimate of drug-likeness (QED) is 0.0721. The van der Waals surface area contributed by atoms with Crippen LogP contribution in [-0.2, 0) is 24.9 Å². The van der Waals surface area contributed by atoms with Crippen LogP contribution >= 0.6 is 11.3 Å². The molecule has 0 bridgehead atoms. The minimum absolute atomic E-state index is 0. The molecule has 3 nitrogen and oxygen atoms in total. The van der Waals surface area contributed by atoms with Crippen LogP contribution in [0.25, 0.3) is 50.9 Å². The van der Waals surface area contributed by atoms with Gasteiger partial charge in [0.1, 0.15) is 0 Å². The molecule has 219 valence electrons. The summed E-state index contributed by atoms with van der Waals surface area (Å²) < 4.78 is 5.24. The molecule has 0 fully saturated rings. The summed E-state index contributed by atoms with van der Waals surface area (Å²) in [6.07, 6.45) is 4.91. The number of benzene rings is 4. The van der Waals surface area contributed by atoms with Crippen LogP contribution in [0.15, 0.2) is 84.6 Å². The number of para-hydroxylation sites is 1. The number of hydrogen-bond donors (Lipinski definition) is 1. The van der Waals surface area contributed by atoms with Gasteiger partial charge in [0.2, 0.25) is 0 Å². The number of rotatable bonds is 8. The molecule has 42 heavy (non-hydrogen) atoms. The fourth-order valence-electron chi connectivity index (χ4n) is 5.39. The van der Waals surface area contributed by atoms with Crippen LogP contribution in [0.3, 0.4) is 0 Å². The molecule has 4 aromatic carbocycles. The second-order valence-corrected chi connectivity index (χ2v) is 13.5. The molecular weight excluding hydrogens is 782 g/mol. The second kappa shape index (κ2) is 14.7. The number of allylic oxidation sites excluding steroid dienone is 2. The zero-order chi connectivity index (χ0) is 28.9. The maximum atomic E-state index is 11.7. The summed E-state index contributed by atoms with van der Waals surface area (Å²) in [7, 11) is 0. The first-order valence-electron chi connectivity index (χ1n) is 14.5. The molecule has 0 saturated carbocycles. The third-order valence-electron chi connectivity index (χ3n) is 7.87. The van der Waals surface area contributed by atoms with Gasteiger partial charge in [0.25, 0.3) is 0 Å². The fourth-order valence-corrected chi connectivity index (χ4v) is 8.68. The van der Waals surface area contributed by atoms with Gasteiger partial charge in [0.05, 0.1) is 5.76 Å². The van der Waals surface area contributed by atoms with Gasteiger partial charge >= 0.3 is 161 Å². The number of ketones is 1. The van der Waals surface area contributed by atoms with Gasteiger partial charge in [-0.05, 0) is 25.7 Å². The van der Waals surface area contributed by atoms with Crippen LogP contribution in [-0.4, -0.2) is 30.4 Å². The first-order valence-corrected chi connectivity index (χ1v) is 17.1. The third kappa shape index (κ3) is 6.64. The van der Waals surface area contributed by atoms with Crippen molar-refractivity contribution in [2.75, 3.05) is 0 Å². The molecule has 2 aromatic heterocycles. The topological polar surface area (TPSA) is 50.2 Å². The van der Waals surface area contributed by atoms with Crippen molar-refractivity contribution < 1.29 is 30.0 Å². The first kappa shape index (κ1) is 32.3. The maximum absolute atomic E-state index is 11.7. The fraction of sp³-hybridized carbons (Fsp3) is 0.278. The van der Waals surface area contributed by atoms with Gasteiger partial charge in [0.15, 0.2) is 5.78 Å². The van der Waals surface area contributed by atoms with E-state index >= 15 is 0 Å². The average Bonchev–Trinajstić information content (AvgIpc) is 3.61. The Kier molecular flexibility index (Phi) is 11.3. The van der Waals surface area contributed by atoms with E-state index in [4.69, 9.17) is 4.98 Å². The molecule has 6 aromatic rings. The molecule has 6 rings (SSSR count). The van der Waals surface area contributed by atoms with E-state index in [1.807, 2.05) is 39.0 Å². The Hall–Kier alpha value is -2.59. The zero-order valence-electron chi connectivity index (χ0n) is 24.4. The Morgan fingerprint density at radius 1 is 0.881 bits per heavy atom. The van der Waals surface area contributed by atoms with Crippen LogP contribution < -0.4 is 0 Å². The summed E-state index contributed by atoms with van der Waals surface area (Å²) in [6.45, 7) is 8.07. The number of aromatic nitrogens is 1. The van der Waals surface area contributed by atoms with Gasteiger partial charge < -0.3 is 5.11 Å². The number of thiophene rings is 1. The number of carbonyl (C=O) groups excluding carboxylic acids is 1. The number of nitrogens with zero attached hydrogens (tertiary/aromatic N) is 1. The van der Waals surface area contributed by atoms with Gasteiger partial charge in [-0.15, -0.1) is 0 Å². The third-order valence-corrected chi connectivity index (χ3v) is 11.3. The monoisotopic (exact) mass is 819 g/mol. The standard InChI is InChI=1S/C23H12NSSe.C13H24O2.Ir/c1-2-8-15-14(7-1)13-17(23-24-18-10-4-6-12-20(18)26-23)21-16-9-3-5-11-19(16)25-22(15)21;1-5-10(6-2)12(14)9-13(15)11(7-3)8-4;/h1-12H;9-11,14H,5-8H2,1-4H3;/q-1;;/b;12-9-;. The van der Waals surface area contributed by atoms with Crippen molar-refractivity contribution in [1.29, 1.82) is 0 Å². The molecule has 0 aliphatic heterocycles. The van der Waals surface area contributed by atoms with E-state index in [2.05, 4.69) is 78.9 Å². The van der Waals surface area contributed by atoms with E-state index in [1.54, 1.807) is 0 Å². The Morgan fingerprint density at radius 3 is 2.19 bits per heavy atom. The summed E-state index contributed by atoms with van der Waals surface area (Å²) in [5, 5.41) is 14.9. The summed E-state index contributed by atoms with van der Waals surface area (Å²) in [6, 6.07) is 29.5. The van der Waals surface area contributed by atoms with Crippen LogP contribution in [0.1, 0.15) is 53.4 Å². The molecule has 0 aliphatic rings. The van der Waals surface area contributed by atoms with Gasteiger partial charge in [-0.1, -0.05) is 27.7 Å². The van der Waals surface area contributed by atoms with Crippen molar-refractivity contribution in [2.45, 2.75) is 53.4 Å².